The Morgan fingerprint density at radius 1 is 1.19 bits per heavy atom. The minimum absolute atomic E-state index is 0.0142. The van der Waals surface area contributed by atoms with E-state index in [1.807, 2.05) is 0 Å². The normalized spacial score (nSPS) is 21.3. The maximum absolute atomic E-state index is 12.1. The van der Waals surface area contributed by atoms with Crippen LogP contribution in [-0.4, -0.2) is 31.4 Å². The molecule has 0 aromatic heterocycles. The zero-order valence-corrected chi connectivity index (χ0v) is 11.7. The van der Waals surface area contributed by atoms with Crippen LogP contribution in [0.2, 0.25) is 0 Å². The molecule has 1 amide bonds. The fraction of sp³-hybridized carbons (Fsp3) is 0.231. The van der Waals surface area contributed by atoms with Crippen molar-refractivity contribution in [3.63, 3.8) is 0 Å². The Kier molecular flexibility index (Phi) is 4.10. The number of carboxylic acids is 1. The average molecular weight is 310 g/mol. The molecule has 1 aromatic carbocycles. The summed E-state index contributed by atoms with van der Waals surface area (Å²) in [6, 6.07) is 4.63. The smallest absolute Gasteiger partial charge is 0.310 e. The molecule has 0 fully saturated rings. The van der Waals surface area contributed by atoms with Crippen molar-refractivity contribution in [3.05, 3.63) is 42.0 Å². The van der Waals surface area contributed by atoms with Crippen LogP contribution in [-0.2, 0) is 14.8 Å². The summed E-state index contributed by atoms with van der Waals surface area (Å²) in [6.45, 7) is 0. The molecule has 21 heavy (non-hydrogen) atoms. The first-order valence-electron chi connectivity index (χ1n) is 6.13. The Morgan fingerprint density at radius 2 is 1.81 bits per heavy atom. The third kappa shape index (κ3) is 3.47. The van der Waals surface area contributed by atoms with Gasteiger partial charge in [0.05, 0.1) is 10.8 Å². The SMILES string of the molecule is NC(=O)c1ccc(S(=O)(=O)NC2C=CC(C(=O)O)C2)cc1. The van der Waals surface area contributed by atoms with Gasteiger partial charge in [-0.3, -0.25) is 9.59 Å². The minimum atomic E-state index is -3.78. The van der Waals surface area contributed by atoms with E-state index in [0.717, 1.165) is 0 Å². The molecule has 4 N–H and O–H groups in total. The van der Waals surface area contributed by atoms with E-state index in [1.165, 1.54) is 36.4 Å². The number of hydrogen-bond donors (Lipinski definition) is 3. The molecule has 0 spiro atoms. The quantitative estimate of drug-likeness (QED) is 0.664. The summed E-state index contributed by atoms with van der Waals surface area (Å²) in [5, 5.41) is 8.86. The van der Waals surface area contributed by atoms with Crippen molar-refractivity contribution in [2.24, 2.45) is 11.7 Å². The van der Waals surface area contributed by atoms with Crippen molar-refractivity contribution in [1.29, 1.82) is 0 Å². The summed E-state index contributed by atoms with van der Waals surface area (Å²) in [5.74, 6) is -2.32. The predicted molar refractivity (Wildman–Crippen MR) is 74.0 cm³/mol. The fourth-order valence-electron chi connectivity index (χ4n) is 2.04. The average Bonchev–Trinajstić information content (AvgIpc) is 2.87. The van der Waals surface area contributed by atoms with Crippen LogP contribution in [0.5, 0.6) is 0 Å². The summed E-state index contributed by atoms with van der Waals surface area (Å²) in [7, 11) is -3.78. The molecule has 1 aliphatic rings. The van der Waals surface area contributed by atoms with Crippen molar-refractivity contribution in [3.8, 4) is 0 Å². The number of hydrogen-bond acceptors (Lipinski definition) is 4. The van der Waals surface area contributed by atoms with E-state index in [4.69, 9.17) is 10.8 Å². The second-order valence-corrected chi connectivity index (χ2v) is 6.40. The van der Waals surface area contributed by atoms with Crippen LogP contribution in [0, 0.1) is 5.92 Å². The van der Waals surface area contributed by atoms with Gasteiger partial charge >= 0.3 is 5.97 Å². The highest BCUT2D eigenvalue weighted by atomic mass is 32.2. The first-order valence-corrected chi connectivity index (χ1v) is 7.61. The van der Waals surface area contributed by atoms with Gasteiger partial charge in [-0.05, 0) is 30.7 Å². The molecular weight excluding hydrogens is 296 g/mol. The van der Waals surface area contributed by atoms with Crippen LogP contribution in [0.3, 0.4) is 0 Å². The number of benzene rings is 1. The molecule has 1 aliphatic carbocycles. The van der Waals surface area contributed by atoms with Crippen LogP contribution in [0.15, 0.2) is 41.3 Å². The van der Waals surface area contributed by atoms with Crippen molar-refractivity contribution >= 4 is 21.9 Å². The Labute approximate surface area is 121 Å². The lowest BCUT2D eigenvalue weighted by molar-refractivity contribution is -0.140. The number of carbonyl (C=O) groups is 2. The second kappa shape index (κ2) is 5.66. The van der Waals surface area contributed by atoms with E-state index in [1.54, 1.807) is 0 Å². The largest absolute Gasteiger partial charge is 0.481 e. The summed E-state index contributed by atoms with van der Waals surface area (Å²) < 4.78 is 26.7. The molecule has 2 unspecified atom stereocenters. The lowest BCUT2D eigenvalue weighted by Gasteiger charge is -2.12. The standard InChI is InChI=1S/C13H14N2O5S/c14-12(16)8-2-5-11(6-3-8)21(19,20)15-10-4-1-9(7-10)13(17)18/h1-6,9-10,15H,7H2,(H2,14,16)(H,17,18). The van der Waals surface area contributed by atoms with E-state index >= 15 is 0 Å². The highest BCUT2D eigenvalue weighted by molar-refractivity contribution is 7.89. The number of sulfonamides is 1. The third-order valence-corrected chi connectivity index (χ3v) is 4.66. The van der Waals surface area contributed by atoms with Gasteiger partial charge in [-0.1, -0.05) is 12.2 Å². The molecule has 0 aliphatic heterocycles. The van der Waals surface area contributed by atoms with Crippen LogP contribution < -0.4 is 10.5 Å². The lowest BCUT2D eigenvalue weighted by atomic mass is 10.1. The van der Waals surface area contributed by atoms with Crippen LogP contribution in [0.25, 0.3) is 0 Å². The monoisotopic (exact) mass is 310 g/mol. The number of carboxylic acid groups (broad SMARTS) is 1. The van der Waals surface area contributed by atoms with Gasteiger partial charge in [0.1, 0.15) is 0 Å². The van der Waals surface area contributed by atoms with Gasteiger partial charge in [0.2, 0.25) is 15.9 Å². The first-order chi connectivity index (χ1) is 9.79. The number of nitrogens with two attached hydrogens (primary N) is 1. The first kappa shape index (κ1) is 15.2. The van der Waals surface area contributed by atoms with Gasteiger partial charge in [-0.25, -0.2) is 13.1 Å². The Balaban J connectivity index is 2.11. The Morgan fingerprint density at radius 3 is 2.29 bits per heavy atom. The van der Waals surface area contributed by atoms with Crippen molar-refractivity contribution in [2.45, 2.75) is 17.4 Å². The van der Waals surface area contributed by atoms with E-state index in [9.17, 15) is 18.0 Å². The molecule has 0 saturated heterocycles. The number of rotatable bonds is 5. The molecule has 112 valence electrons. The highest BCUT2D eigenvalue weighted by Gasteiger charge is 2.28. The van der Waals surface area contributed by atoms with E-state index < -0.39 is 33.9 Å². The number of nitrogens with one attached hydrogen (secondary N) is 1. The Hall–Kier alpha value is -2.19. The number of primary amides is 1. The molecule has 7 nitrogen and oxygen atoms in total. The molecule has 0 radical (unpaired) electrons. The number of aliphatic carboxylic acids is 1. The molecule has 1 aromatic rings. The van der Waals surface area contributed by atoms with Gasteiger partial charge in [-0.15, -0.1) is 0 Å². The topological polar surface area (TPSA) is 127 Å². The van der Waals surface area contributed by atoms with Crippen molar-refractivity contribution in [2.75, 3.05) is 0 Å². The maximum Gasteiger partial charge on any atom is 0.310 e. The van der Waals surface area contributed by atoms with E-state index in [0.29, 0.717) is 0 Å². The number of carbonyl (C=O) groups excluding carboxylic acids is 1. The number of amides is 1. The van der Waals surface area contributed by atoms with Crippen molar-refractivity contribution in [1.82, 2.24) is 4.72 Å². The summed E-state index contributed by atoms with van der Waals surface area (Å²) >= 11 is 0. The van der Waals surface area contributed by atoms with E-state index in [-0.39, 0.29) is 16.9 Å². The van der Waals surface area contributed by atoms with E-state index in [2.05, 4.69) is 4.72 Å². The van der Waals surface area contributed by atoms with Gasteiger partial charge in [0, 0.05) is 11.6 Å². The van der Waals surface area contributed by atoms with Crippen LogP contribution in [0.1, 0.15) is 16.8 Å². The van der Waals surface area contributed by atoms with Crippen LogP contribution in [0.4, 0.5) is 0 Å². The second-order valence-electron chi connectivity index (χ2n) is 4.68. The molecule has 0 heterocycles. The van der Waals surface area contributed by atoms with Gasteiger partial charge in [0.15, 0.2) is 0 Å². The summed E-state index contributed by atoms with van der Waals surface area (Å²) in [5.41, 5.74) is 5.29. The zero-order chi connectivity index (χ0) is 15.6. The van der Waals surface area contributed by atoms with Crippen molar-refractivity contribution < 1.29 is 23.1 Å². The van der Waals surface area contributed by atoms with Gasteiger partial charge < -0.3 is 10.8 Å². The van der Waals surface area contributed by atoms with Gasteiger partial charge in [-0.2, -0.15) is 0 Å². The summed E-state index contributed by atoms with van der Waals surface area (Å²) in [4.78, 5) is 21.7. The predicted octanol–water partition coefficient (Wildman–Crippen LogP) is 0.0931. The lowest BCUT2D eigenvalue weighted by Crippen LogP contribution is -2.33. The molecule has 8 heteroatoms. The maximum atomic E-state index is 12.1. The summed E-state index contributed by atoms with van der Waals surface area (Å²) in [6.07, 6.45) is 3.16. The van der Waals surface area contributed by atoms with Crippen LogP contribution >= 0.6 is 0 Å². The van der Waals surface area contributed by atoms with Gasteiger partial charge in [0.25, 0.3) is 0 Å². The molecular formula is C13H14N2O5S. The minimum Gasteiger partial charge on any atom is -0.481 e. The molecule has 2 rings (SSSR count). The zero-order valence-electron chi connectivity index (χ0n) is 10.9. The molecule has 2 atom stereocenters. The molecule has 0 saturated carbocycles. The highest BCUT2D eigenvalue weighted by Crippen LogP contribution is 2.20. The fourth-order valence-corrected chi connectivity index (χ4v) is 3.24. The Bertz CT molecular complexity index is 694. The molecule has 0 bridgehead atoms. The third-order valence-electron chi connectivity index (χ3n) is 3.16.